The van der Waals surface area contributed by atoms with E-state index in [0.717, 1.165) is 21.9 Å². The fourth-order valence-electron chi connectivity index (χ4n) is 4.83. The van der Waals surface area contributed by atoms with Gasteiger partial charge in [0.1, 0.15) is 5.82 Å². The summed E-state index contributed by atoms with van der Waals surface area (Å²) in [5, 5.41) is 1.84. The number of carbonyl (C=O) groups is 2. The Hall–Kier alpha value is -5.10. The average Bonchev–Trinajstić information content (AvgIpc) is 3.56. The lowest BCUT2D eigenvalue weighted by Crippen LogP contribution is -2.06. The van der Waals surface area contributed by atoms with Crippen LogP contribution >= 0.6 is 0 Å². The predicted molar refractivity (Wildman–Crippen MR) is 141 cm³/mol. The van der Waals surface area contributed by atoms with Gasteiger partial charge in [-0.05, 0) is 46.7 Å². The zero-order valence-corrected chi connectivity index (χ0v) is 19.6. The molecule has 4 aromatic carbocycles. The molecule has 1 aliphatic rings. The second kappa shape index (κ2) is 8.24. The number of hydrogen-bond acceptors (Lipinski definition) is 5. The first kappa shape index (κ1) is 21.2. The van der Waals surface area contributed by atoms with Crippen LogP contribution in [0.15, 0.2) is 107 Å². The number of fused-ring (bicyclic) bond motifs is 3. The molecule has 0 unspecified atom stereocenters. The third kappa shape index (κ3) is 3.50. The molecular weight excluding hydrogens is 462 g/mol. The van der Waals surface area contributed by atoms with Crippen LogP contribution in [0.25, 0.3) is 39.7 Å². The van der Waals surface area contributed by atoms with Crippen molar-refractivity contribution < 1.29 is 14.0 Å². The zero-order valence-electron chi connectivity index (χ0n) is 19.6. The molecule has 176 valence electrons. The number of rotatable bonds is 4. The number of hydrogen-bond donors (Lipinski definition) is 0. The summed E-state index contributed by atoms with van der Waals surface area (Å²) < 4.78 is 7.89. The molecule has 1 aliphatic carbocycles. The van der Waals surface area contributed by atoms with E-state index in [0.29, 0.717) is 40.7 Å². The Bertz CT molecular complexity index is 1820. The largest absolute Gasteiger partial charge is 0.416 e. The Kier molecular flexibility index (Phi) is 4.72. The van der Waals surface area contributed by atoms with E-state index < -0.39 is 0 Å². The maximum Gasteiger partial charge on any atom is 0.267 e. The molecule has 0 amide bonds. The molecule has 0 N–H and O–H groups in total. The minimum Gasteiger partial charge on any atom is -0.416 e. The normalized spacial score (nSPS) is 13.0. The highest BCUT2D eigenvalue weighted by Crippen LogP contribution is 2.33. The third-order valence-corrected chi connectivity index (χ3v) is 6.68. The van der Waals surface area contributed by atoms with Gasteiger partial charge in [0.25, 0.3) is 5.71 Å². The van der Waals surface area contributed by atoms with Crippen LogP contribution < -0.4 is 0 Å². The van der Waals surface area contributed by atoms with Crippen molar-refractivity contribution in [3.8, 4) is 11.5 Å². The highest BCUT2D eigenvalue weighted by atomic mass is 16.4. The van der Waals surface area contributed by atoms with Gasteiger partial charge in [-0.15, -0.1) is 0 Å². The summed E-state index contributed by atoms with van der Waals surface area (Å²) in [7, 11) is 0. The third-order valence-electron chi connectivity index (χ3n) is 6.68. The molecule has 7 rings (SSSR count). The highest BCUT2D eigenvalue weighted by Gasteiger charge is 2.34. The lowest BCUT2D eigenvalue weighted by Gasteiger charge is -2.06. The van der Waals surface area contributed by atoms with Gasteiger partial charge in [-0.1, -0.05) is 72.8 Å². The van der Waals surface area contributed by atoms with E-state index in [1.165, 1.54) is 0 Å². The first-order valence-electron chi connectivity index (χ1n) is 12.0. The molecule has 0 radical (unpaired) electrons. The Morgan fingerprint density at radius 1 is 0.730 bits per heavy atom. The van der Waals surface area contributed by atoms with Crippen molar-refractivity contribution in [2.45, 2.75) is 6.54 Å². The number of benzene rings is 4. The van der Waals surface area contributed by atoms with Crippen LogP contribution in [0, 0.1) is 0 Å². The molecule has 2 heterocycles. The highest BCUT2D eigenvalue weighted by molar-refractivity contribution is 6.42. The van der Waals surface area contributed by atoms with Crippen LogP contribution in [0.3, 0.4) is 0 Å². The van der Waals surface area contributed by atoms with Crippen molar-refractivity contribution in [3.63, 3.8) is 0 Å². The lowest BCUT2D eigenvalue weighted by atomic mass is 10.0. The van der Waals surface area contributed by atoms with Crippen molar-refractivity contribution in [1.29, 1.82) is 0 Å². The van der Waals surface area contributed by atoms with Gasteiger partial charge in [0.05, 0.1) is 12.1 Å². The summed E-state index contributed by atoms with van der Waals surface area (Å²) in [6.45, 7) is 0.455. The van der Waals surface area contributed by atoms with Gasteiger partial charge in [0, 0.05) is 16.7 Å². The van der Waals surface area contributed by atoms with E-state index in [1.807, 2.05) is 89.5 Å². The number of allylic oxidation sites excluding steroid dienone is 1. The standard InChI is InChI=1S/C31H19N3O3/c35-27-23-15-21-13-7-8-14-22(21)16-24(23)28(36)25(27)17-26-32-31-29(34(26)18-19-9-3-1-4-10-19)33-30(37-31)20-11-5-2-6-12-20/h1-17H,18H2. The molecule has 6 heteroatoms. The Morgan fingerprint density at radius 2 is 1.32 bits per heavy atom. The van der Waals surface area contributed by atoms with Gasteiger partial charge in [0.15, 0.2) is 11.6 Å². The molecule has 0 fully saturated rings. The summed E-state index contributed by atoms with van der Waals surface area (Å²) >= 11 is 0. The number of aromatic nitrogens is 3. The number of nitrogens with zero attached hydrogens (tertiary/aromatic N) is 3. The molecule has 0 saturated carbocycles. The molecule has 0 saturated heterocycles. The van der Waals surface area contributed by atoms with Crippen LogP contribution in [0.5, 0.6) is 0 Å². The molecule has 37 heavy (non-hydrogen) atoms. The van der Waals surface area contributed by atoms with Gasteiger partial charge in [-0.25, -0.2) is 0 Å². The Labute approximate surface area is 211 Å². The first-order chi connectivity index (χ1) is 18.2. The van der Waals surface area contributed by atoms with Crippen LogP contribution in [-0.2, 0) is 6.54 Å². The van der Waals surface area contributed by atoms with E-state index in [4.69, 9.17) is 9.40 Å². The van der Waals surface area contributed by atoms with Gasteiger partial charge in [-0.3, -0.25) is 9.59 Å². The smallest absolute Gasteiger partial charge is 0.267 e. The second-order valence-electron chi connectivity index (χ2n) is 9.02. The molecule has 6 aromatic rings. The molecule has 0 bridgehead atoms. The fraction of sp³-hybridized carbons (Fsp3) is 0.0323. The fourth-order valence-corrected chi connectivity index (χ4v) is 4.83. The molecule has 6 nitrogen and oxygen atoms in total. The number of Topliss-reactive ketones (excluding diaryl/α,β-unsaturated/α-hetero) is 2. The molecule has 0 atom stereocenters. The number of oxazole rings is 1. The number of carbonyl (C=O) groups excluding carboxylic acids is 2. The van der Waals surface area contributed by atoms with E-state index in [-0.39, 0.29) is 17.1 Å². The van der Waals surface area contributed by atoms with Gasteiger partial charge in [0.2, 0.25) is 11.5 Å². The van der Waals surface area contributed by atoms with Crippen molar-refractivity contribution in [2.24, 2.45) is 0 Å². The van der Waals surface area contributed by atoms with E-state index in [9.17, 15) is 9.59 Å². The maximum absolute atomic E-state index is 13.4. The predicted octanol–water partition coefficient (Wildman–Crippen LogP) is 6.36. The van der Waals surface area contributed by atoms with Crippen LogP contribution in [0.4, 0.5) is 0 Å². The summed E-state index contributed by atoms with van der Waals surface area (Å²) in [4.78, 5) is 36.1. The Morgan fingerprint density at radius 3 is 1.97 bits per heavy atom. The van der Waals surface area contributed by atoms with E-state index in [2.05, 4.69) is 4.98 Å². The Balaban J connectivity index is 1.37. The number of imidazole rings is 1. The molecule has 0 spiro atoms. The minimum atomic E-state index is -0.297. The van der Waals surface area contributed by atoms with Gasteiger partial charge < -0.3 is 8.98 Å². The van der Waals surface area contributed by atoms with Gasteiger partial charge >= 0.3 is 0 Å². The maximum atomic E-state index is 13.4. The molecule has 0 aliphatic heterocycles. The van der Waals surface area contributed by atoms with Crippen molar-refractivity contribution in [2.75, 3.05) is 0 Å². The van der Waals surface area contributed by atoms with Crippen LogP contribution in [0.2, 0.25) is 0 Å². The van der Waals surface area contributed by atoms with E-state index >= 15 is 0 Å². The topological polar surface area (TPSA) is 78.0 Å². The quantitative estimate of drug-likeness (QED) is 0.216. The summed E-state index contributed by atoms with van der Waals surface area (Å²) in [5.74, 6) is 0.314. The SMILES string of the molecule is O=C1C(=Cc2nc3oc(-c4ccccc4)nc3n2Cc2ccccc2)C(=O)c2cc3ccccc3cc21. The van der Waals surface area contributed by atoms with Crippen molar-refractivity contribution >= 4 is 39.8 Å². The van der Waals surface area contributed by atoms with Gasteiger partial charge in [-0.2, -0.15) is 9.97 Å². The molecular formula is C31H19N3O3. The summed E-state index contributed by atoms with van der Waals surface area (Å²) in [6, 6.07) is 30.8. The van der Waals surface area contributed by atoms with Crippen molar-refractivity contribution in [3.05, 3.63) is 125 Å². The summed E-state index contributed by atoms with van der Waals surface area (Å²) in [6.07, 6.45) is 1.57. The number of ketones is 2. The lowest BCUT2D eigenvalue weighted by molar-refractivity contribution is 0.0990. The van der Waals surface area contributed by atoms with Crippen molar-refractivity contribution in [1.82, 2.24) is 14.5 Å². The van der Waals surface area contributed by atoms with Crippen LogP contribution in [-0.4, -0.2) is 26.1 Å². The first-order valence-corrected chi connectivity index (χ1v) is 12.0. The minimum absolute atomic E-state index is 0.0931. The zero-order chi connectivity index (χ0) is 24.9. The van der Waals surface area contributed by atoms with E-state index in [1.54, 1.807) is 18.2 Å². The molecule has 2 aromatic heterocycles. The summed E-state index contributed by atoms with van der Waals surface area (Å²) in [5.41, 5.74) is 3.71. The average molecular weight is 482 g/mol. The van der Waals surface area contributed by atoms with Crippen LogP contribution in [0.1, 0.15) is 32.1 Å². The second-order valence-corrected chi connectivity index (χ2v) is 9.02. The monoisotopic (exact) mass is 481 g/mol.